The molecule has 2 heterocycles. The molecule has 0 saturated carbocycles. The van der Waals surface area contributed by atoms with Crippen LogP contribution in [0.15, 0.2) is 34.2 Å². The summed E-state index contributed by atoms with van der Waals surface area (Å²) in [6.45, 7) is 0. The third-order valence-electron chi connectivity index (χ3n) is 1.82. The standard InChI is InChI=1S/C10H8N2O2S2/c13-9(14)8-5-7(1-2-11-8)6-16-10-12-3-4-15-10/h1-5H,6H2,(H,13,14). The van der Waals surface area contributed by atoms with E-state index in [0.717, 1.165) is 9.90 Å². The summed E-state index contributed by atoms with van der Waals surface area (Å²) in [6, 6.07) is 3.40. The molecule has 82 valence electrons. The SMILES string of the molecule is O=C(O)c1cc(CSc2nccs2)ccn1. The number of thiazole rings is 1. The molecule has 0 aromatic carbocycles. The van der Waals surface area contributed by atoms with Crippen LogP contribution >= 0.6 is 23.1 Å². The summed E-state index contributed by atoms with van der Waals surface area (Å²) in [5, 5.41) is 10.7. The summed E-state index contributed by atoms with van der Waals surface area (Å²) < 4.78 is 0.980. The molecule has 2 aromatic rings. The molecule has 16 heavy (non-hydrogen) atoms. The molecule has 0 aliphatic heterocycles. The molecule has 0 saturated heterocycles. The van der Waals surface area contributed by atoms with Crippen molar-refractivity contribution in [3.63, 3.8) is 0 Å². The summed E-state index contributed by atoms with van der Waals surface area (Å²) >= 11 is 3.16. The highest BCUT2D eigenvalue weighted by molar-refractivity contribution is 8.00. The Labute approximate surface area is 100 Å². The number of carboxylic acid groups (broad SMARTS) is 1. The number of pyridine rings is 1. The Balaban J connectivity index is 2.04. The van der Waals surface area contributed by atoms with E-state index in [0.29, 0.717) is 5.75 Å². The Hall–Kier alpha value is -1.40. The third kappa shape index (κ3) is 2.80. The molecule has 0 aliphatic rings. The molecular weight excluding hydrogens is 244 g/mol. The van der Waals surface area contributed by atoms with Crippen molar-refractivity contribution in [1.29, 1.82) is 0 Å². The first-order valence-corrected chi connectivity index (χ1v) is 6.33. The van der Waals surface area contributed by atoms with Crippen molar-refractivity contribution in [2.75, 3.05) is 0 Å². The number of nitrogens with zero attached hydrogens (tertiary/aromatic N) is 2. The predicted octanol–water partition coefficient (Wildman–Crippen LogP) is 2.53. The van der Waals surface area contributed by atoms with Gasteiger partial charge in [0.1, 0.15) is 10.0 Å². The lowest BCUT2D eigenvalue weighted by molar-refractivity contribution is 0.0690. The van der Waals surface area contributed by atoms with Gasteiger partial charge in [-0.15, -0.1) is 11.3 Å². The molecule has 0 amide bonds. The van der Waals surface area contributed by atoms with Gasteiger partial charge in [0.25, 0.3) is 0 Å². The summed E-state index contributed by atoms with van der Waals surface area (Å²) in [6.07, 6.45) is 3.27. The lowest BCUT2D eigenvalue weighted by Crippen LogP contribution is -2.00. The van der Waals surface area contributed by atoms with Crippen LogP contribution < -0.4 is 0 Å². The zero-order valence-electron chi connectivity index (χ0n) is 8.16. The van der Waals surface area contributed by atoms with Crippen LogP contribution in [0.5, 0.6) is 0 Å². The van der Waals surface area contributed by atoms with Crippen molar-refractivity contribution >= 4 is 29.1 Å². The van der Waals surface area contributed by atoms with Gasteiger partial charge in [0.2, 0.25) is 0 Å². The van der Waals surface area contributed by atoms with Crippen molar-refractivity contribution < 1.29 is 9.90 Å². The second kappa shape index (κ2) is 5.09. The monoisotopic (exact) mass is 252 g/mol. The van der Waals surface area contributed by atoms with Crippen LogP contribution in [0.4, 0.5) is 0 Å². The van der Waals surface area contributed by atoms with Gasteiger partial charge < -0.3 is 5.11 Å². The van der Waals surface area contributed by atoms with Crippen molar-refractivity contribution in [2.24, 2.45) is 0 Å². The maximum Gasteiger partial charge on any atom is 0.354 e. The number of rotatable bonds is 4. The number of thioether (sulfide) groups is 1. The van der Waals surface area contributed by atoms with Crippen LogP contribution in [-0.2, 0) is 5.75 Å². The van der Waals surface area contributed by atoms with E-state index >= 15 is 0 Å². The molecule has 2 aromatic heterocycles. The minimum absolute atomic E-state index is 0.0808. The Kier molecular flexibility index (Phi) is 3.53. The van der Waals surface area contributed by atoms with Crippen LogP contribution in [0.1, 0.15) is 16.1 Å². The quantitative estimate of drug-likeness (QED) is 0.847. The highest BCUT2D eigenvalue weighted by Crippen LogP contribution is 2.24. The summed E-state index contributed by atoms with van der Waals surface area (Å²) in [5.74, 6) is -0.294. The van der Waals surface area contributed by atoms with Crippen molar-refractivity contribution in [3.05, 3.63) is 41.2 Å². The van der Waals surface area contributed by atoms with Crippen molar-refractivity contribution in [2.45, 2.75) is 10.1 Å². The average molecular weight is 252 g/mol. The number of aromatic carboxylic acids is 1. The van der Waals surface area contributed by atoms with E-state index in [1.165, 1.54) is 6.20 Å². The van der Waals surface area contributed by atoms with E-state index in [1.54, 1.807) is 35.4 Å². The molecule has 4 nitrogen and oxygen atoms in total. The van der Waals surface area contributed by atoms with Gasteiger partial charge in [0.05, 0.1) is 0 Å². The average Bonchev–Trinajstić information content (AvgIpc) is 2.79. The van der Waals surface area contributed by atoms with Crippen molar-refractivity contribution in [3.8, 4) is 0 Å². The highest BCUT2D eigenvalue weighted by Gasteiger charge is 2.05. The van der Waals surface area contributed by atoms with E-state index in [-0.39, 0.29) is 5.69 Å². The van der Waals surface area contributed by atoms with Gasteiger partial charge in [-0.2, -0.15) is 0 Å². The fourth-order valence-corrected chi connectivity index (χ4v) is 2.69. The van der Waals surface area contributed by atoms with E-state index in [9.17, 15) is 4.79 Å². The highest BCUT2D eigenvalue weighted by atomic mass is 32.2. The second-order valence-electron chi connectivity index (χ2n) is 2.94. The zero-order chi connectivity index (χ0) is 11.4. The Morgan fingerprint density at radius 2 is 2.31 bits per heavy atom. The largest absolute Gasteiger partial charge is 0.477 e. The second-order valence-corrected chi connectivity index (χ2v) is 5.06. The maximum atomic E-state index is 10.7. The fourth-order valence-electron chi connectivity index (χ4n) is 1.11. The Morgan fingerprint density at radius 1 is 1.44 bits per heavy atom. The van der Waals surface area contributed by atoms with Gasteiger partial charge in [-0.1, -0.05) is 11.8 Å². The first kappa shape index (κ1) is 11.1. The first-order chi connectivity index (χ1) is 7.75. The molecule has 2 rings (SSSR count). The molecule has 1 N–H and O–H groups in total. The molecule has 6 heteroatoms. The zero-order valence-corrected chi connectivity index (χ0v) is 9.79. The van der Waals surface area contributed by atoms with Gasteiger partial charge in [0.15, 0.2) is 0 Å². The number of hydrogen-bond acceptors (Lipinski definition) is 5. The minimum Gasteiger partial charge on any atom is -0.477 e. The smallest absolute Gasteiger partial charge is 0.354 e. The lowest BCUT2D eigenvalue weighted by Gasteiger charge is -1.99. The minimum atomic E-state index is -0.999. The van der Waals surface area contributed by atoms with E-state index < -0.39 is 5.97 Å². The van der Waals surface area contributed by atoms with Crippen LogP contribution in [0.2, 0.25) is 0 Å². The number of carboxylic acids is 1. The summed E-state index contributed by atoms with van der Waals surface area (Å²) in [4.78, 5) is 18.6. The van der Waals surface area contributed by atoms with Crippen LogP contribution in [0.3, 0.4) is 0 Å². The molecule has 0 fully saturated rings. The molecule has 0 radical (unpaired) electrons. The Morgan fingerprint density at radius 3 is 3.00 bits per heavy atom. The van der Waals surface area contributed by atoms with Gasteiger partial charge in [-0.05, 0) is 17.7 Å². The molecule has 0 unspecified atom stereocenters. The molecule has 0 spiro atoms. The molecule has 0 atom stereocenters. The van der Waals surface area contributed by atoms with Gasteiger partial charge in [-0.3, -0.25) is 0 Å². The van der Waals surface area contributed by atoms with Crippen LogP contribution in [-0.4, -0.2) is 21.0 Å². The Bertz CT molecular complexity index is 485. The molecular formula is C10H8N2O2S2. The van der Waals surface area contributed by atoms with Gasteiger partial charge in [-0.25, -0.2) is 14.8 Å². The summed E-state index contributed by atoms with van der Waals surface area (Å²) in [5.41, 5.74) is 1.02. The number of carbonyl (C=O) groups is 1. The van der Waals surface area contributed by atoms with E-state index in [2.05, 4.69) is 9.97 Å². The topological polar surface area (TPSA) is 63.1 Å². The lowest BCUT2D eigenvalue weighted by atomic mass is 10.2. The van der Waals surface area contributed by atoms with Crippen LogP contribution in [0, 0.1) is 0 Å². The fraction of sp³-hybridized carbons (Fsp3) is 0.100. The first-order valence-electron chi connectivity index (χ1n) is 4.46. The van der Waals surface area contributed by atoms with Gasteiger partial charge in [0, 0.05) is 23.5 Å². The van der Waals surface area contributed by atoms with Gasteiger partial charge >= 0.3 is 5.97 Å². The van der Waals surface area contributed by atoms with Crippen molar-refractivity contribution in [1.82, 2.24) is 9.97 Å². The predicted molar refractivity (Wildman–Crippen MR) is 62.9 cm³/mol. The summed E-state index contributed by atoms with van der Waals surface area (Å²) in [7, 11) is 0. The third-order valence-corrected chi connectivity index (χ3v) is 3.85. The van der Waals surface area contributed by atoms with E-state index in [4.69, 9.17) is 5.11 Å². The maximum absolute atomic E-state index is 10.7. The van der Waals surface area contributed by atoms with Crippen LogP contribution in [0.25, 0.3) is 0 Å². The molecule has 0 bridgehead atoms. The van der Waals surface area contributed by atoms with E-state index in [1.807, 2.05) is 11.4 Å². The number of aromatic nitrogens is 2. The number of hydrogen-bond donors (Lipinski definition) is 1. The molecule has 0 aliphatic carbocycles. The normalized spacial score (nSPS) is 10.2.